The highest BCUT2D eigenvalue weighted by molar-refractivity contribution is 5.42. The summed E-state index contributed by atoms with van der Waals surface area (Å²) in [7, 11) is 0. The maximum absolute atomic E-state index is 8.99. The summed E-state index contributed by atoms with van der Waals surface area (Å²) in [5.41, 5.74) is 0.589. The van der Waals surface area contributed by atoms with Crippen LogP contribution in [0.25, 0.3) is 0 Å². The Kier molecular flexibility index (Phi) is 2.22. The average Bonchev–Trinajstić information content (AvgIpc) is 2.66. The number of fused-ring (bicyclic) bond motifs is 1. The molecular weight excluding hydrogens is 210 g/mol. The highest BCUT2D eigenvalue weighted by atomic mass is 16.7. The van der Waals surface area contributed by atoms with Gasteiger partial charge in [-0.1, -0.05) is 0 Å². The molecule has 0 saturated carbocycles. The highest BCUT2D eigenvalue weighted by Gasteiger charge is 2.43. The van der Waals surface area contributed by atoms with Gasteiger partial charge >= 0.3 is 0 Å². The molecule has 5 nitrogen and oxygen atoms in total. The van der Waals surface area contributed by atoms with E-state index in [9.17, 15) is 0 Å². The first kappa shape index (κ1) is 9.86. The lowest BCUT2D eigenvalue weighted by Gasteiger charge is -2.31. The summed E-state index contributed by atoms with van der Waals surface area (Å²) in [5, 5.41) is 8.99. The van der Waals surface area contributed by atoms with Crippen LogP contribution in [0.15, 0.2) is 12.3 Å². The van der Waals surface area contributed by atoms with E-state index in [4.69, 9.17) is 19.3 Å². The fraction of sp³-hybridized carbons (Fsp3) is 0.545. The SMILES string of the molecule is OCc1cc2c(cn1)OC1(CCOCC1)O2. The summed E-state index contributed by atoms with van der Waals surface area (Å²) < 4.78 is 16.9. The molecule has 0 bridgehead atoms. The van der Waals surface area contributed by atoms with E-state index in [1.807, 2.05) is 0 Å². The van der Waals surface area contributed by atoms with Crippen LogP contribution >= 0.6 is 0 Å². The molecule has 0 unspecified atom stereocenters. The van der Waals surface area contributed by atoms with Gasteiger partial charge in [0.25, 0.3) is 5.79 Å². The van der Waals surface area contributed by atoms with Crippen molar-refractivity contribution in [3.63, 3.8) is 0 Å². The Hall–Kier alpha value is -1.33. The van der Waals surface area contributed by atoms with E-state index in [1.54, 1.807) is 12.3 Å². The largest absolute Gasteiger partial charge is 0.448 e. The van der Waals surface area contributed by atoms with Gasteiger partial charge < -0.3 is 19.3 Å². The number of aliphatic hydroxyl groups excluding tert-OH is 1. The standard InChI is InChI=1S/C11H13NO4/c13-7-8-5-9-10(6-12-8)16-11(15-9)1-3-14-4-2-11/h5-6,13H,1-4,7H2. The summed E-state index contributed by atoms with van der Waals surface area (Å²) in [5.74, 6) is 0.746. The van der Waals surface area contributed by atoms with Crippen molar-refractivity contribution < 1.29 is 19.3 Å². The number of rotatable bonds is 1. The Morgan fingerprint density at radius 3 is 2.75 bits per heavy atom. The molecule has 0 aromatic carbocycles. The zero-order valence-electron chi connectivity index (χ0n) is 8.81. The maximum Gasteiger partial charge on any atom is 0.256 e. The van der Waals surface area contributed by atoms with Crippen molar-refractivity contribution in [2.45, 2.75) is 25.2 Å². The fourth-order valence-electron chi connectivity index (χ4n) is 2.02. The molecule has 1 fully saturated rings. The minimum Gasteiger partial charge on any atom is -0.448 e. The average molecular weight is 223 g/mol. The maximum atomic E-state index is 8.99. The molecule has 5 heteroatoms. The summed E-state index contributed by atoms with van der Waals surface area (Å²) >= 11 is 0. The predicted octanol–water partition coefficient (Wildman–Crippen LogP) is 0.852. The van der Waals surface area contributed by atoms with Crippen molar-refractivity contribution >= 4 is 0 Å². The molecular formula is C11H13NO4. The molecule has 2 aliphatic rings. The molecule has 3 rings (SSSR count). The molecule has 0 radical (unpaired) electrons. The lowest BCUT2D eigenvalue weighted by molar-refractivity contribution is -0.143. The summed E-state index contributed by atoms with van der Waals surface area (Å²) in [6, 6.07) is 1.72. The first-order valence-corrected chi connectivity index (χ1v) is 5.37. The van der Waals surface area contributed by atoms with Gasteiger partial charge in [-0.25, -0.2) is 0 Å². The zero-order chi connectivity index (χ0) is 11.0. The molecule has 1 aromatic heterocycles. The first-order valence-electron chi connectivity index (χ1n) is 5.37. The molecule has 16 heavy (non-hydrogen) atoms. The number of hydrogen-bond acceptors (Lipinski definition) is 5. The molecule has 1 aromatic rings. The van der Waals surface area contributed by atoms with Crippen molar-refractivity contribution in [3.05, 3.63) is 18.0 Å². The Morgan fingerprint density at radius 1 is 1.25 bits per heavy atom. The number of ether oxygens (including phenoxy) is 3. The van der Waals surface area contributed by atoms with Crippen LogP contribution in [0, 0.1) is 0 Å². The molecule has 0 amide bonds. The van der Waals surface area contributed by atoms with Crippen LogP contribution in [0.1, 0.15) is 18.5 Å². The van der Waals surface area contributed by atoms with Crippen LogP contribution in [0.2, 0.25) is 0 Å². The van der Waals surface area contributed by atoms with Crippen LogP contribution in [0.4, 0.5) is 0 Å². The zero-order valence-corrected chi connectivity index (χ0v) is 8.81. The smallest absolute Gasteiger partial charge is 0.256 e. The van der Waals surface area contributed by atoms with E-state index in [-0.39, 0.29) is 6.61 Å². The van der Waals surface area contributed by atoms with Gasteiger partial charge in [-0.15, -0.1) is 0 Å². The Labute approximate surface area is 93.0 Å². The second-order valence-electron chi connectivity index (χ2n) is 4.01. The minimum absolute atomic E-state index is 0.0905. The number of hydrogen-bond donors (Lipinski definition) is 1. The van der Waals surface area contributed by atoms with Gasteiger partial charge in [-0.3, -0.25) is 4.98 Å². The third-order valence-electron chi connectivity index (χ3n) is 2.90. The quantitative estimate of drug-likeness (QED) is 0.764. The predicted molar refractivity (Wildman–Crippen MR) is 54.2 cm³/mol. The van der Waals surface area contributed by atoms with Crippen molar-refractivity contribution in [2.75, 3.05) is 13.2 Å². The summed E-state index contributed by atoms with van der Waals surface area (Å²) in [6.07, 6.45) is 3.04. The van der Waals surface area contributed by atoms with Crippen LogP contribution in [-0.4, -0.2) is 29.1 Å². The number of nitrogens with zero attached hydrogens (tertiary/aromatic N) is 1. The van der Waals surface area contributed by atoms with Gasteiger partial charge in [0.2, 0.25) is 0 Å². The van der Waals surface area contributed by atoms with E-state index in [0.29, 0.717) is 30.4 Å². The van der Waals surface area contributed by atoms with Gasteiger partial charge in [-0.2, -0.15) is 0 Å². The molecule has 0 aliphatic carbocycles. The van der Waals surface area contributed by atoms with E-state index < -0.39 is 5.79 Å². The monoisotopic (exact) mass is 223 g/mol. The molecule has 2 aliphatic heterocycles. The van der Waals surface area contributed by atoms with E-state index in [0.717, 1.165) is 12.8 Å². The van der Waals surface area contributed by atoms with Crippen LogP contribution in [0.5, 0.6) is 11.5 Å². The fourth-order valence-corrected chi connectivity index (χ4v) is 2.02. The van der Waals surface area contributed by atoms with Gasteiger partial charge in [0.15, 0.2) is 11.5 Å². The number of aromatic nitrogens is 1. The summed E-state index contributed by atoms with van der Waals surface area (Å²) in [4.78, 5) is 4.06. The topological polar surface area (TPSA) is 60.8 Å². The van der Waals surface area contributed by atoms with Crippen LogP contribution in [-0.2, 0) is 11.3 Å². The van der Waals surface area contributed by atoms with Crippen molar-refractivity contribution in [2.24, 2.45) is 0 Å². The molecule has 1 saturated heterocycles. The molecule has 1 N–H and O–H groups in total. The Bertz CT molecular complexity index is 401. The first-order chi connectivity index (χ1) is 7.81. The molecule has 3 heterocycles. The minimum atomic E-state index is -0.573. The highest BCUT2D eigenvalue weighted by Crippen LogP contribution is 2.43. The lowest BCUT2D eigenvalue weighted by atomic mass is 10.1. The number of pyridine rings is 1. The second-order valence-corrected chi connectivity index (χ2v) is 4.01. The van der Waals surface area contributed by atoms with Crippen molar-refractivity contribution in [1.29, 1.82) is 0 Å². The Balaban J connectivity index is 1.87. The van der Waals surface area contributed by atoms with Crippen LogP contribution < -0.4 is 9.47 Å². The van der Waals surface area contributed by atoms with E-state index in [1.165, 1.54) is 0 Å². The molecule has 0 atom stereocenters. The summed E-state index contributed by atoms with van der Waals surface area (Å²) in [6.45, 7) is 1.20. The van der Waals surface area contributed by atoms with Gasteiger partial charge in [0, 0.05) is 18.9 Å². The van der Waals surface area contributed by atoms with Crippen molar-refractivity contribution in [3.8, 4) is 11.5 Å². The van der Waals surface area contributed by atoms with Gasteiger partial charge in [0.1, 0.15) is 0 Å². The number of aliphatic hydroxyl groups is 1. The van der Waals surface area contributed by atoms with Crippen molar-refractivity contribution in [1.82, 2.24) is 4.98 Å². The molecule has 1 spiro atoms. The van der Waals surface area contributed by atoms with E-state index >= 15 is 0 Å². The Morgan fingerprint density at radius 2 is 2.00 bits per heavy atom. The van der Waals surface area contributed by atoms with E-state index in [2.05, 4.69) is 4.98 Å². The third-order valence-corrected chi connectivity index (χ3v) is 2.90. The molecule has 86 valence electrons. The van der Waals surface area contributed by atoms with Crippen LogP contribution in [0.3, 0.4) is 0 Å². The third kappa shape index (κ3) is 1.52. The normalized spacial score (nSPS) is 21.3. The lowest BCUT2D eigenvalue weighted by Crippen LogP contribution is -2.43. The van der Waals surface area contributed by atoms with Gasteiger partial charge in [-0.05, 0) is 0 Å². The van der Waals surface area contributed by atoms with Gasteiger partial charge in [0.05, 0.1) is 31.7 Å². The second kappa shape index (κ2) is 3.61.